The summed E-state index contributed by atoms with van der Waals surface area (Å²) in [6.07, 6.45) is 11.5. The van der Waals surface area contributed by atoms with Crippen LogP contribution in [0.1, 0.15) is 23.6 Å². The molecule has 0 aliphatic heterocycles. The largest absolute Gasteiger partial charge is 0.494 e. The number of nitrogens with zero attached hydrogens (tertiary/aromatic N) is 7. The maximum atomic E-state index is 13.6. The van der Waals surface area contributed by atoms with E-state index in [0.717, 1.165) is 51.7 Å². The Hall–Kier alpha value is -9.11. The molecule has 8 rings (SSSR count). The van der Waals surface area contributed by atoms with Gasteiger partial charge in [-0.1, -0.05) is 60.1 Å². The molecule has 2 amide bonds. The zero-order chi connectivity index (χ0) is 53.0. The number of likely N-dealkylation sites (N-methyl/N-ethyl adjacent to an activating group) is 2. The van der Waals surface area contributed by atoms with Crippen molar-refractivity contribution < 1.29 is 23.8 Å². The lowest BCUT2D eigenvalue weighted by Crippen LogP contribution is -2.29. The van der Waals surface area contributed by atoms with Crippen LogP contribution in [0.4, 0.5) is 40.1 Å². The summed E-state index contributed by atoms with van der Waals surface area (Å²) in [6, 6.07) is 32.6. The molecule has 0 unspecified atom stereocenters. The number of halogens is 1. The molecule has 0 aliphatic rings. The summed E-state index contributed by atoms with van der Waals surface area (Å²) < 4.78 is 19.8. The number of ether oxygens (including phenoxy) is 3. The number of allylic oxidation sites excluding steroid dienone is 1. The number of benzene rings is 5. The summed E-state index contributed by atoms with van der Waals surface area (Å²) >= 11 is 6.74. The Morgan fingerprint density at radius 2 is 1.60 bits per heavy atom. The van der Waals surface area contributed by atoms with Gasteiger partial charge in [0.05, 0.1) is 64.0 Å². The number of hydrogen-bond donors (Lipinski definition) is 5. The Bertz CT molecular complexity index is 3480. The van der Waals surface area contributed by atoms with Crippen LogP contribution in [0.25, 0.3) is 33.1 Å². The number of hydrogen-bond acceptors (Lipinski definition) is 14. The molecule has 3 aromatic heterocycles. The Kier molecular flexibility index (Phi) is 16.8. The van der Waals surface area contributed by atoms with Gasteiger partial charge >= 0.3 is 0 Å². The number of rotatable bonds is 21. The van der Waals surface area contributed by atoms with E-state index >= 15 is 0 Å². The molecule has 6 N–H and O–H groups in total. The van der Waals surface area contributed by atoms with Crippen LogP contribution in [0, 0.1) is 11.3 Å². The highest BCUT2D eigenvalue weighted by atomic mass is 35.5. The molecular formula is C57H57ClN12O5. The molecule has 0 radical (unpaired) electrons. The van der Waals surface area contributed by atoms with E-state index in [1.54, 1.807) is 43.6 Å². The minimum absolute atomic E-state index is 0.250. The van der Waals surface area contributed by atoms with Gasteiger partial charge in [0.25, 0.3) is 0 Å². The second-order valence-electron chi connectivity index (χ2n) is 17.6. The quantitative estimate of drug-likeness (QED) is 0.0424. The highest BCUT2D eigenvalue weighted by Gasteiger charge is 2.19. The van der Waals surface area contributed by atoms with Gasteiger partial charge in [0.15, 0.2) is 0 Å². The van der Waals surface area contributed by atoms with Crippen molar-refractivity contribution in [2.24, 2.45) is 12.8 Å². The standard InChI is InChI=1S/C57H57ClN12O5/c1-7-74-53-30-45-41(28-47(53)65-55(72)21-23-59)56(38(32-60)33-62-45)63-39-19-20-51(43(58)27-39)75-35-37-17-15-36(16-18-37)11-10-14-54(71)64-46-29-48(52(73-6)31-50(46)69(4)26-25-68(2)3)67-57-61-24-22-44(66-57)42-34-70(5)49-13-9-8-12-40(42)49/h8-10,12-24,27-31,33-34H,7,11,25-26,35,59H2,1-6H3,(H,62,63)(H,64,71)(H,65,72)(H,61,66,67)/b14-10+,23-21+. The van der Waals surface area contributed by atoms with E-state index in [2.05, 4.69) is 70.0 Å². The number of aryl methyl sites for hydroxylation is 1. The first-order valence-corrected chi connectivity index (χ1v) is 24.4. The summed E-state index contributed by atoms with van der Waals surface area (Å²) in [5.74, 6) is 1.08. The smallest absolute Gasteiger partial charge is 0.249 e. The Morgan fingerprint density at radius 3 is 2.35 bits per heavy atom. The highest BCUT2D eigenvalue weighted by Crippen LogP contribution is 2.40. The zero-order valence-corrected chi connectivity index (χ0v) is 43.2. The third-order valence-electron chi connectivity index (χ3n) is 12.1. The van der Waals surface area contributed by atoms with Crippen LogP contribution >= 0.6 is 11.6 Å². The van der Waals surface area contributed by atoms with Crippen LogP contribution in [-0.4, -0.2) is 84.2 Å². The topological polar surface area (TPSA) is 210 Å². The van der Waals surface area contributed by atoms with Gasteiger partial charge in [-0.05, 0) is 93.3 Å². The summed E-state index contributed by atoms with van der Waals surface area (Å²) in [6.45, 7) is 3.93. The number of aromatic nitrogens is 4. The molecule has 0 saturated heterocycles. The highest BCUT2D eigenvalue weighted by molar-refractivity contribution is 6.32. The molecule has 0 saturated carbocycles. The van der Waals surface area contributed by atoms with Crippen LogP contribution in [0.15, 0.2) is 140 Å². The van der Waals surface area contributed by atoms with E-state index in [4.69, 9.17) is 36.5 Å². The van der Waals surface area contributed by atoms with E-state index in [9.17, 15) is 14.9 Å². The van der Waals surface area contributed by atoms with Crippen molar-refractivity contribution in [2.45, 2.75) is 20.0 Å². The van der Waals surface area contributed by atoms with E-state index in [0.29, 0.717) is 87.1 Å². The first-order chi connectivity index (χ1) is 36.3. The summed E-state index contributed by atoms with van der Waals surface area (Å²) in [4.78, 5) is 44.1. The summed E-state index contributed by atoms with van der Waals surface area (Å²) in [5, 5.41) is 24.6. The molecule has 8 aromatic rings. The molecular weight excluding hydrogens is 968 g/mol. The van der Waals surface area contributed by atoms with E-state index in [-0.39, 0.29) is 18.1 Å². The number of anilines is 7. The maximum absolute atomic E-state index is 13.6. The van der Waals surface area contributed by atoms with Crippen molar-refractivity contribution in [3.05, 3.63) is 162 Å². The molecule has 382 valence electrons. The first-order valence-electron chi connectivity index (χ1n) is 24.0. The average Bonchev–Trinajstić information content (AvgIpc) is 3.74. The van der Waals surface area contributed by atoms with Crippen LogP contribution in [0.5, 0.6) is 17.2 Å². The number of para-hydroxylation sites is 1. The van der Waals surface area contributed by atoms with Crippen LogP contribution in [0.3, 0.4) is 0 Å². The van der Waals surface area contributed by atoms with Crippen molar-refractivity contribution in [3.63, 3.8) is 0 Å². The average molecular weight is 1030 g/mol. The van der Waals surface area contributed by atoms with E-state index in [1.165, 1.54) is 18.3 Å². The zero-order valence-electron chi connectivity index (χ0n) is 42.4. The van der Waals surface area contributed by atoms with E-state index < -0.39 is 5.91 Å². The lowest BCUT2D eigenvalue weighted by Gasteiger charge is -2.26. The minimum Gasteiger partial charge on any atom is -0.494 e. The van der Waals surface area contributed by atoms with Gasteiger partial charge in [-0.2, -0.15) is 5.26 Å². The van der Waals surface area contributed by atoms with Gasteiger partial charge in [0, 0.05) is 91.5 Å². The van der Waals surface area contributed by atoms with Gasteiger partial charge in [0.2, 0.25) is 17.8 Å². The third-order valence-corrected chi connectivity index (χ3v) is 12.4. The SMILES string of the molecule is CCOc1cc2ncc(C#N)c(Nc3ccc(OCc4ccc(C/C=C/C(=O)Nc5cc(Nc6nccc(-c7cn(C)c8ccccc78)n6)c(OC)cc5N(C)CCN(C)C)cc4)c(Cl)c3)c2cc1NC(=O)/C=C/N. The van der Waals surface area contributed by atoms with Crippen molar-refractivity contribution in [3.8, 4) is 34.6 Å². The molecule has 5 aromatic carbocycles. The molecule has 0 fully saturated rings. The molecule has 0 aliphatic carbocycles. The molecule has 17 nitrogen and oxygen atoms in total. The molecule has 0 atom stereocenters. The van der Waals surface area contributed by atoms with Gasteiger partial charge in [-0.3, -0.25) is 14.6 Å². The summed E-state index contributed by atoms with van der Waals surface area (Å²) in [5.41, 5.74) is 14.4. The van der Waals surface area contributed by atoms with Crippen molar-refractivity contribution >= 4 is 85.3 Å². The predicted octanol–water partition coefficient (Wildman–Crippen LogP) is 10.3. The fourth-order valence-electron chi connectivity index (χ4n) is 8.28. The van der Waals surface area contributed by atoms with Gasteiger partial charge in [-0.15, -0.1) is 0 Å². The van der Waals surface area contributed by atoms with Crippen LogP contribution < -0.4 is 46.1 Å². The fourth-order valence-corrected chi connectivity index (χ4v) is 8.52. The van der Waals surface area contributed by atoms with Crippen molar-refractivity contribution in [1.82, 2.24) is 24.4 Å². The monoisotopic (exact) mass is 1020 g/mol. The van der Waals surface area contributed by atoms with Gasteiger partial charge < -0.3 is 55.6 Å². The van der Waals surface area contributed by atoms with E-state index in [1.807, 2.05) is 95.8 Å². The normalized spacial score (nSPS) is 11.3. The Balaban J connectivity index is 0.914. The number of fused-ring (bicyclic) bond motifs is 2. The molecule has 0 bridgehead atoms. The Morgan fingerprint density at radius 1 is 0.827 bits per heavy atom. The molecule has 75 heavy (non-hydrogen) atoms. The molecule has 18 heteroatoms. The van der Waals surface area contributed by atoms with Crippen LogP contribution in [-0.2, 0) is 29.7 Å². The number of nitrogens with two attached hydrogens (primary N) is 1. The molecule has 3 heterocycles. The number of carbonyl (C=O) groups excluding carboxylic acids is 2. The minimum atomic E-state index is -0.443. The second kappa shape index (κ2) is 24.1. The second-order valence-corrected chi connectivity index (χ2v) is 18.0. The fraction of sp³-hybridized carbons (Fsp3) is 0.193. The number of methoxy groups -OCH3 is 1. The number of nitriles is 1. The lowest BCUT2D eigenvalue weighted by atomic mass is 10.1. The van der Waals surface area contributed by atoms with Crippen LogP contribution in [0.2, 0.25) is 5.02 Å². The maximum Gasteiger partial charge on any atom is 0.249 e. The third kappa shape index (κ3) is 12.7. The number of pyridine rings is 1. The molecule has 0 spiro atoms. The van der Waals surface area contributed by atoms with Crippen molar-refractivity contribution in [2.75, 3.05) is 74.1 Å². The number of amides is 2. The number of carbonyl (C=O) groups is 2. The predicted molar refractivity (Wildman–Crippen MR) is 299 cm³/mol. The number of nitrogens with one attached hydrogen (secondary N) is 4. The van der Waals surface area contributed by atoms with Crippen molar-refractivity contribution in [1.29, 1.82) is 5.26 Å². The van der Waals surface area contributed by atoms with Gasteiger partial charge in [-0.25, -0.2) is 9.97 Å². The summed E-state index contributed by atoms with van der Waals surface area (Å²) in [7, 11) is 9.64. The first kappa shape index (κ1) is 52.2. The van der Waals surface area contributed by atoms with Gasteiger partial charge in [0.1, 0.15) is 29.9 Å². The lowest BCUT2D eigenvalue weighted by molar-refractivity contribution is -0.112. The Labute approximate surface area is 440 Å².